The minimum atomic E-state index is -1.02. The first kappa shape index (κ1) is 10.3. The van der Waals surface area contributed by atoms with Crippen molar-refractivity contribution in [2.45, 2.75) is 6.54 Å². The maximum absolute atomic E-state index is 10.4. The lowest BCUT2D eigenvalue weighted by atomic mass is 10.2. The van der Waals surface area contributed by atoms with Crippen LogP contribution in [0.25, 0.3) is 10.1 Å². The van der Waals surface area contributed by atoms with Gasteiger partial charge < -0.3 is 10.4 Å². The molecule has 0 unspecified atom stereocenters. The normalized spacial score (nSPS) is 10.5. The minimum Gasteiger partial charge on any atom is -0.465 e. The summed E-state index contributed by atoms with van der Waals surface area (Å²) in [4.78, 5) is 10.4. The molecule has 0 aliphatic carbocycles. The molecule has 1 aromatic heterocycles. The van der Waals surface area contributed by atoms with Crippen molar-refractivity contribution in [2.24, 2.45) is 0 Å². The van der Waals surface area contributed by atoms with Gasteiger partial charge in [-0.3, -0.25) is 0 Å². The van der Waals surface area contributed by atoms with Crippen LogP contribution < -0.4 is 5.32 Å². The van der Waals surface area contributed by atoms with E-state index in [4.69, 9.17) is 16.7 Å². The number of nitrogens with one attached hydrogen (secondary N) is 1. The van der Waals surface area contributed by atoms with Crippen molar-refractivity contribution < 1.29 is 9.90 Å². The molecule has 2 rings (SSSR count). The summed E-state index contributed by atoms with van der Waals surface area (Å²) >= 11 is 7.46. The molecule has 0 saturated carbocycles. The first-order chi connectivity index (χ1) is 7.16. The van der Waals surface area contributed by atoms with Gasteiger partial charge in [0.05, 0.1) is 0 Å². The molecule has 0 fully saturated rings. The molecular formula is C10H8ClNO2S. The van der Waals surface area contributed by atoms with Gasteiger partial charge in [0, 0.05) is 16.3 Å². The molecule has 2 N–H and O–H groups in total. The third-order valence-electron chi connectivity index (χ3n) is 2.05. The molecule has 5 heteroatoms. The van der Waals surface area contributed by atoms with Crippen LogP contribution in [-0.4, -0.2) is 11.2 Å². The number of carbonyl (C=O) groups is 1. The molecule has 2 aromatic rings. The molecular weight excluding hydrogens is 234 g/mol. The van der Waals surface area contributed by atoms with E-state index < -0.39 is 6.09 Å². The summed E-state index contributed by atoms with van der Waals surface area (Å²) < 4.78 is 1.11. The Labute approximate surface area is 95.3 Å². The Morgan fingerprint density at radius 1 is 1.53 bits per heavy atom. The summed E-state index contributed by atoms with van der Waals surface area (Å²) in [6.45, 7) is 0.315. The lowest BCUT2D eigenvalue weighted by Gasteiger charge is -1.99. The third-order valence-corrected chi connectivity index (χ3v) is 3.29. The zero-order valence-electron chi connectivity index (χ0n) is 7.66. The van der Waals surface area contributed by atoms with Crippen LogP contribution in [0.5, 0.6) is 0 Å². The summed E-state index contributed by atoms with van der Waals surface area (Å²) in [5.41, 5.74) is 0.958. The summed E-state index contributed by atoms with van der Waals surface area (Å²) in [5, 5.41) is 14.5. The fourth-order valence-electron chi connectivity index (χ4n) is 1.36. The van der Waals surface area contributed by atoms with Gasteiger partial charge in [-0.15, -0.1) is 11.3 Å². The minimum absolute atomic E-state index is 0.315. The second-order valence-corrected chi connectivity index (χ2v) is 4.41. The molecule has 0 atom stereocenters. The molecule has 1 amide bonds. The second kappa shape index (κ2) is 4.08. The van der Waals surface area contributed by atoms with Crippen molar-refractivity contribution in [1.29, 1.82) is 0 Å². The van der Waals surface area contributed by atoms with Gasteiger partial charge >= 0.3 is 6.09 Å². The van der Waals surface area contributed by atoms with E-state index in [-0.39, 0.29) is 0 Å². The average molecular weight is 242 g/mol. The van der Waals surface area contributed by atoms with Crippen molar-refractivity contribution in [3.05, 3.63) is 34.2 Å². The van der Waals surface area contributed by atoms with Gasteiger partial charge in [0.1, 0.15) is 0 Å². The van der Waals surface area contributed by atoms with Gasteiger partial charge in [0.25, 0.3) is 0 Å². The molecule has 0 aliphatic heterocycles. The fraction of sp³-hybridized carbons (Fsp3) is 0.100. The molecule has 0 radical (unpaired) electrons. The third kappa shape index (κ3) is 2.22. The Balaban J connectivity index is 2.35. The van der Waals surface area contributed by atoms with E-state index in [1.807, 2.05) is 23.6 Å². The van der Waals surface area contributed by atoms with Crippen LogP contribution in [0.15, 0.2) is 23.6 Å². The van der Waals surface area contributed by atoms with Crippen LogP contribution in [0.2, 0.25) is 5.02 Å². The van der Waals surface area contributed by atoms with Gasteiger partial charge in [0.2, 0.25) is 0 Å². The molecule has 0 spiro atoms. The van der Waals surface area contributed by atoms with Crippen LogP contribution >= 0.6 is 22.9 Å². The van der Waals surface area contributed by atoms with Crippen molar-refractivity contribution in [3.63, 3.8) is 0 Å². The Morgan fingerprint density at radius 3 is 3.07 bits per heavy atom. The fourth-order valence-corrected chi connectivity index (χ4v) is 2.48. The zero-order chi connectivity index (χ0) is 10.8. The molecule has 0 bridgehead atoms. The highest BCUT2D eigenvalue weighted by molar-refractivity contribution is 7.17. The maximum Gasteiger partial charge on any atom is 0.404 e. The largest absolute Gasteiger partial charge is 0.465 e. The molecule has 0 saturated heterocycles. The van der Waals surface area contributed by atoms with Crippen LogP contribution in [0.3, 0.4) is 0 Å². The van der Waals surface area contributed by atoms with E-state index in [1.54, 1.807) is 11.3 Å². The first-order valence-electron chi connectivity index (χ1n) is 4.29. The molecule has 1 aromatic carbocycles. The van der Waals surface area contributed by atoms with Gasteiger partial charge in [-0.1, -0.05) is 11.6 Å². The number of hydrogen-bond donors (Lipinski definition) is 2. The van der Waals surface area contributed by atoms with E-state index in [0.717, 1.165) is 15.6 Å². The molecule has 15 heavy (non-hydrogen) atoms. The first-order valence-corrected chi connectivity index (χ1v) is 5.55. The van der Waals surface area contributed by atoms with Gasteiger partial charge in [-0.2, -0.15) is 0 Å². The highest BCUT2D eigenvalue weighted by Crippen LogP contribution is 2.28. The van der Waals surface area contributed by atoms with E-state index in [0.29, 0.717) is 11.6 Å². The Morgan fingerprint density at radius 2 is 2.33 bits per heavy atom. The predicted molar refractivity (Wildman–Crippen MR) is 61.7 cm³/mol. The molecule has 0 aliphatic rings. The van der Waals surface area contributed by atoms with Crippen LogP contribution in [-0.2, 0) is 6.54 Å². The Bertz CT molecular complexity index is 509. The summed E-state index contributed by atoms with van der Waals surface area (Å²) in [6.07, 6.45) is -1.02. The van der Waals surface area contributed by atoms with Crippen LogP contribution in [0.4, 0.5) is 4.79 Å². The predicted octanol–water partition coefficient (Wildman–Crippen LogP) is 3.32. The molecule has 1 heterocycles. The second-order valence-electron chi connectivity index (χ2n) is 3.06. The number of hydrogen-bond acceptors (Lipinski definition) is 2. The smallest absolute Gasteiger partial charge is 0.404 e. The number of carboxylic acid groups (broad SMARTS) is 1. The number of amides is 1. The standard InChI is InChI=1S/C10H8ClNO2S/c11-7-1-2-9-8(3-7)6(5-15-9)4-12-10(13)14/h1-3,5,12H,4H2,(H,13,14). The van der Waals surface area contributed by atoms with E-state index in [1.165, 1.54) is 0 Å². The SMILES string of the molecule is O=C(O)NCc1csc2ccc(Cl)cc12. The molecule has 78 valence electrons. The van der Waals surface area contributed by atoms with Gasteiger partial charge in [-0.05, 0) is 34.5 Å². The average Bonchev–Trinajstić information content (AvgIpc) is 2.57. The zero-order valence-corrected chi connectivity index (χ0v) is 9.23. The number of benzene rings is 1. The number of fused-ring (bicyclic) bond motifs is 1. The highest BCUT2D eigenvalue weighted by Gasteiger charge is 2.05. The Hall–Kier alpha value is -1.26. The summed E-state index contributed by atoms with van der Waals surface area (Å²) in [7, 11) is 0. The summed E-state index contributed by atoms with van der Waals surface area (Å²) in [5.74, 6) is 0. The van der Waals surface area contributed by atoms with Crippen LogP contribution in [0, 0.1) is 0 Å². The van der Waals surface area contributed by atoms with Crippen molar-refractivity contribution in [3.8, 4) is 0 Å². The molecule has 3 nitrogen and oxygen atoms in total. The number of thiophene rings is 1. The number of halogens is 1. The van der Waals surface area contributed by atoms with Crippen molar-refractivity contribution in [1.82, 2.24) is 5.32 Å². The van der Waals surface area contributed by atoms with E-state index in [2.05, 4.69) is 5.32 Å². The maximum atomic E-state index is 10.4. The van der Waals surface area contributed by atoms with Gasteiger partial charge in [0.15, 0.2) is 0 Å². The monoisotopic (exact) mass is 241 g/mol. The lowest BCUT2D eigenvalue weighted by molar-refractivity contribution is 0.194. The van der Waals surface area contributed by atoms with Gasteiger partial charge in [-0.25, -0.2) is 4.79 Å². The van der Waals surface area contributed by atoms with Crippen molar-refractivity contribution >= 4 is 39.1 Å². The van der Waals surface area contributed by atoms with Crippen LogP contribution in [0.1, 0.15) is 5.56 Å². The quantitative estimate of drug-likeness (QED) is 0.847. The Kier molecular flexibility index (Phi) is 2.79. The van der Waals surface area contributed by atoms with E-state index in [9.17, 15) is 4.79 Å². The lowest BCUT2D eigenvalue weighted by Crippen LogP contribution is -2.19. The van der Waals surface area contributed by atoms with E-state index >= 15 is 0 Å². The van der Waals surface area contributed by atoms with Crippen molar-refractivity contribution in [2.75, 3.05) is 0 Å². The summed E-state index contributed by atoms with van der Waals surface area (Å²) in [6, 6.07) is 5.62. The highest BCUT2D eigenvalue weighted by atomic mass is 35.5. The topological polar surface area (TPSA) is 49.3 Å². The number of rotatable bonds is 2.